The van der Waals surface area contributed by atoms with E-state index in [1.54, 1.807) is 11.8 Å². The fraction of sp³-hybridized carbons (Fsp3) is 0.133. The van der Waals surface area contributed by atoms with Crippen molar-refractivity contribution in [2.75, 3.05) is 0 Å². The van der Waals surface area contributed by atoms with E-state index in [1.807, 2.05) is 36.4 Å². The summed E-state index contributed by atoms with van der Waals surface area (Å²) in [5.74, 6) is -0.0336. The van der Waals surface area contributed by atoms with Crippen molar-refractivity contribution in [3.63, 3.8) is 0 Å². The predicted molar refractivity (Wildman–Crippen MR) is 73.8 cm³/mol. The van der Waals surface area contributed by atoms with E-state index in [4.69, 9.17) is 5.21 Å². The van der Waals surface area contributed by atoms with Gasteiger partial charge in [-0.1, -0.05) is 30.0 Å². The molecule has 3 nitrogen and oxygen atoms in total. The van der Waals surface area contributed by atoms with Gasteiger partial charge >= 0.3 is 0 Å². The van der Waals surface area contributed by atoms with E-state index in [0.717, 1.165) is 10.5 Å². The van der Waals surface area contributed by atoms with Gasteiger partial charge in [0.05, 0.1) is 6.04 Å². The van der Waals surface area contributed by atoms with Gasteiger partial charge in [0.2, 0.25) is 0 Å². The lowest BCUT2D eigenvalue weighted by atomic mass is 10.1. The number of Topliss-reactive ketones (excluding diaryl/α,β-unsaturated/α-hetero) is 1. The van der Waals surface area contributed by atoms with E-state index in [9.17, 15) is 4.79 Å². The fourth-order valence-corrected chi connectivity index (χ4v) is 3.17. The Labute approximate surface area is 115 Å². The smallest absolute Gasteiger partial charge is 0.182 e. The van der Waals surface area contributed by atoms with Crippen molar-refractivity contribution in [3.8, 4) is 0 Å². The normalized spacial score (nSPS) is 17.5. The summed E-state index contributed by atoms with van der Waals surface area (Å²) in [5.41, 5.74) is 3.78. The van der Waals surface area contributed by atoms with Crippen molar-refractivity contribution in [3.05, 3.63) is 59.7 Å². The summed E-state index contributed by atoms with van der Waals surface area (Å²) in [7, 11) is 0. The van der Waals surface area contributed by atoms with Gasteiger partial charge in [0.1, 0.15) is 0 Å². The topological polar surface area (TPSA) is 49.3 Å². The molecular formula is C15H13NO2S. The van der Waals surface area contributed by atoms with Crippen LogP contribution in [0.25, 0.3) is 0 Å². The van der Waals surface area contributed by atoms with E-state index in [2.05, 4.69) is 17.6 Å². The third-order valence-electron chi connectivity index (χ3n) is 3.22. The monoisotopic (exact) mass is 271 g/mol. The van der Waals surface area contributed by atoms with Gasteiger partial charge in [-0.3, -0.25) is 4.79 Å². The number of fused-ring (bicyclic) bond motifs is 1. The van der Waals surface area contributed by atoms with Crippen molar-refractivity contribution in [1.29, 1.82) is 0 Å². The number of hydrogen-bond acceptors (Lipinski definition) is 4. The van der Waals surface area contributed by atoms with Crippen LogP contribution >= 0.6 is 11.8 Å². The second-order valence-electron chi connectivity index (χ2n) is 4.48. The molecule has 1 aliphatic rings. The highest BCUT2D eigenvalue weighted by Crippen LogP contribution is 2.31. The van der Waals surface area contributed by atoms with Crippen LogP contribution in [-0.2, 0) is 6.42 Å². The number of hydrogen-bond donors (Lipinski definition) is 2. The van der Waals surface area contributed by atoms with Crippen LogP contribution < -0.4 is 5.48 Å². The maximum Gasteiger partial charge on any atom is 0.182 e. The molecule has 2 aromatic carbocycles. The summed E-state index contributed by atoms with van der Waals surface area (Å²) < 4.78 is 0. The minimum atomic E-state index is -0.494. The maximum atomic E-state index is 11.9. The molecular weight excluding hydrogens is 258 g/mol. The molecule has 0 spiro atoms. The van der Waals surface area contributed by atoms with Gasteiger partial charge in [-0.2, -0.15) is 5.48 Å². The summed E-state index contributed by atoms with van der Waals surface area (Å²) in [6, 6.07) is 15.4. The lowest BCUT2D eigenvalue weighted by Crippen LogP contribution is -2.31. The molecule has 0 saturated heterocycles. The Morgan fingerprint density at radius 3 is 2.63 bits per heavy atom. The lowest BCUT2D eigenvalue weighted by molar-refractivity contribution is 0.0792. The number of carbonyl (C=O) groups excluding carboxylic acids is 1. The molecule has 2 N–H and O–H groups in total. The number of rotatable bonds is 3. The average Bonchev–Trinajstić information content (AvgIpc) is 2.76. The van der Waals surface area contributed by atoms with Gasteiger partial charge in [-0.15, -0.1) is 0 Å². The molecule has 1 atom stereocenters. The molecule has 3 rings (SSSR count). The maximum absolute atomic E-state index is 11.9. The van der Waals surface area contributed by atoms with E-state index in [1.165, 1.54) is 4.90 Å². The fourth-order valence-electron chi connectivity index (χ4n) is 2.27. The van der Waals surface area contributed by atoms with Crippen LogP contribution in [0, 0.1) is 0 Å². The Morgan fingerprint density at radius 1 is 1.11 bits per heavy atom. The van der Waals surface area contributed by atoms with Gasteiger partial charge in [0.15, 0.2) is 5.78 Å². The van der Waals surface area contributed by atoms with Crippen molar-refractivity contribution in [2.45, 2.75) is 22.3 Å². The molecule has 2 aromatic rings. The molecule has 0 amide bonds. The van der Waals surface area contributed by atoms with Gasteiger partial charge in [-0.25, -0.2) is 0 Å². The van der Waals surface area contributed by atoms with Crippen molar-refractivity contribution in [2.24, 2.45) is 0 Å². The summed E-state index contributed by atoms with van der Waals surface area (Å²) in [4.78, 5) is 14.1. The molecule has 4 heteroatoms. The zero-order chi connectivity index (χ0) is 13.2. The Bertz CT molecular complexity index is 613. The number of hydroxylamine groups is 1. The highest BCUT2D eigenvalue weighted by atomic mass is 32.2. The number of nitrogens with one attached hydrogen (secondary N) is 1. The standard InChI is InChI=1S/C15H13NO2S/c17-15-13-7-6-12(8-10(13)9-14(15)16-18)19-11-4-2-1-3-5-11/h1-8,14,16,18H,9H2. The van der Waals surface area contributed by atoms with Gasteiger partial charge in [0.25, 0.3) is 0 Å². The van der Waals surface area contributed by atoms with Crippen LogP contribution in [0.1, 0.15) is 15.9 Å². The Kier molecular flexibility index (Phi) is 3.38. The second kappa shape index (κ2) is 5.17. The lowest BCUT2D eigenvalue weighted by Gasteiger charge is -2.03. The predicted octanol–water partition coefficient (Wildman–Crippen LogP) is 2.92. The largest absolute Gasteiger partial charge is 0.316 e. The SMILES string of the molecule is O=C1c2ccc(Sc3ccccc3)cc2CC1NO. The molecule has 96 valence electrons. The third-order valence-corrected chi connectivity index (χ3v) is 4.21. The van der Waals surface area contributed by atoms with Crippen molar-refractivity contribution in [1.82, 2.24) is 5.48 Å². The molecule has 1 aliphatic carbocycles. The highest BCUT2D eigenvalue weighted by molar-refractivity contribution is 7.99. The van der Waals surface area contributed by atoms with Crippen LogP contribution in [0.5, 0.6) is 0 Å². The van der Waals surface area contributed by atoms with Gasteiger partial charge in [-0.05, 0) is 42.3 Å². The van der Waals surface area contributed by atoms with Crippen LogP contribution in [0.2, 0.25) is 0 Å². The molecule has 0 aliphatic heterocycles. The molecule has 0 radical (unpaired) electrons. The Hall–Kier alpha value is -1.62. The minimum absolute atomic E-state index is 0.0336. The number of benzene rings is 2. The first kappa shape index (κ1) is 12.4. The molecule has 0 fully saturated rings. The van der Waals surface area contributed by atoms with E-state index >= 15 is 0 Å². The molecule has 19 heavy (non-hydrogen) atoms. The van der Waals surface area contributed by atoms with Crippen LogP contribution in [0.4, 0.5) is 0 Å². The highest BCUT2D eigenvalue weighted by Gasteiger charge is 2.29. The molecule has 0 heterocycles. The molecule has 1 unspecified atom stereocenters. The number of carbonyl (C=O) groups is 1. The minimum Gasteiger partial charge on any atom is -0.316 e. The van der Waals surface area contributed by atoms with E-state index in [-0.39, 0.29) is 5.78 Å². The van der Waals surface area contributed by atoms with Crippen LogP contribution in [0.3, 0.4) is 0 Å². The first-order chi connectivity index (χ1) is 9.28. The second-order valence-corrected chi connectivity index (χ2v) is 5.63. The van der Waals surface area contributed by atoms with Gasteiger partial charge in [0, 0.05) is 15.4 Å². The zero-order valence-corrected chi connectivity index (χ0v) is 11.0. The first-order valence-electron chi connectivity index (χ1n) is 6.07. The zero-order valence-electron chi connectivity index (χ0n) is 10.2. The van der Waals surface area contributed by atoms with Crippen molar-refractivity contribution >= 4 is 17.5 Å². The Morgan fingerprint density at radius 2 is 1.89 bits per heavy atom. The summed E-state index contributed by atoms with van der Waals surface area (Å²) in [6.45, 7) is 0. The summed E-state index contributed by atoms with van der Waals surface area (Å²) in [6.07, 6.45) is 0.549. The first-order valence-corrected chi connectivity index (χ1v) is 6.89. The van der Waals surface area contributed by atoms with Crippen LogP contribution in [0.15, 0.2) is 58.3 Å². The molecule has 0 aromatic heterocycles. The van der Waals surface area contributed by atoms with Gasteiger partial charge < -0.3 is 5.21 Å². The summed E-state index contributed by atoms with van der Waals surface area (Å²) >= 11 is 1.67. The Balaban J connectivity index is 1.86. The summed E-state index contributed by atoms with van der Waals surface area (Å²) in [5, 5.41) is 8.94. The molecule has 0 bridgehead atoms. The van der Waals surface area contributed by atoms with E-state index < -0.39 is 6.04 Å². The van der Waals surface area contributed by atoms with Crippen molar-refractivity contribution < 1.29 is 10.0 Å². The third kappa shape index (κ3) is 2.42. The van der Waals surface area contributed by atoms with E-state index in [0.29, 0.717) is 12.0 Å². The quantitative estimate of drug-likeness (QED) is 0.843. The average molecular weight is 271 g/mol. The van der Waals surface area contributed by atoms with Crippen LogP contribution in [-0.4, -0.2) is 17.0 Å². The number of ketones is 1. The molecule has 0 saturated carbocycles.